The zero-order chi connectivity index (χ0) is 33.0. The second kappa shape index (κ2) is 11.7. The van der Waals surface area contributed by atoms with Gasteiger partial charge in [0.25, 0.3) is 5.91 Å². The van der Waals surface area contributed by atoms with Crippen LogP contribution in [0.1, 0.15) is 27.5 Å². The van der Waals surface area contributed by atoms with Gasteiger partial charge in [0.1, 0.15) is 11.0 Å². The number of thioether (sulfide) groups is 1. The van der Waals surface area contributed by atoms with Crippen molar-refractivity contribution in [2.45, 2.75) is 28.5 Å². The SMILES string of the molecule is O=C(COc1ccccc1[C@H]1c2sc(=O)[nH]c2SC2C(=O)N(c3ccccc3C(F)(F)F)C(=O)C21)Nc1cccc(C(F)(F)F)c1. The lowest BCUT2D eigenvalue weighted by Crippen LogP contribution is -2.33. The van der Waals surface area contributed by atoms with Crippen LogP contribution < -0.4 is 19.8 Å². The number of hydrogen-bond acceptors (Lipinski definition) is 7. The molecule has 1 aromatic heterocycles. The third-order valence-electron chi connectivity index (χ3n) is 7.36. The third-order valence-corrected chi connectivity index (χ3v) is 9.76. The number of ether oxygens (including phenoxy) is 1. The van der Waals surface area contributed by atoms with Crippen LogP contribution in [0.4, 0.5) is 37.7 Å². The number of imide groups is 1. The molecule has 1 fully saturated rings. The second-order valence-corrected chi connectivity index (χ2v) is 12.4. The summed E-state index contributed by atoms with van der Waals surface area (Å²) in [5.74, 6) is -4.83. The van der Waals surface area contributed by atoms with Gasteiger partial charge in [0.05, 0.1) is 27.8 Å². The van der Waals surface area contributed by atoms with Crippen LogP contribution in [-0.2, 0) is 26.7 Å². The van der Waals surface area contributed by atoms with E-state index in [0.29, 0.717) is 9.78 Å². The van der Waals surface area contributed by atoms with Crippen molar-refractivity contribution in [3.63, 3.8) is 0 Å². The van der Waals surface area contributed by atoms with Crippen LogP contribution in [0.5, 0.6) is 5.75 Å². The first-order chi connectivity index (χ1) is 21.7. The maximum Gasteiger partial charge on any atom is 0.418 e. The Bertz CT molecular complexity index is 1920. The van der Waals surface area contributed by atoms with Crippen molar-refractivity contribution in [3.05, 3.63) is 104 Å². The minimum atomic E-state index is -4.86. The molecule has 16 heteroatoms. The first kappa shape index (κ1) is 31.4. The first-order valence-corrected chi connectivity index (χ1v) is 15.1. The highest BCUT2D eigenvalue weighted by Crippen LogP contribution is 2.55. The monoisotopic (exact) mass is 679 g/mol. The molecule has 8 nitrogen and oxygen atoms in total. The van der Waals surface area contributed by atoms with Gasteiger partial charge in [-0.3, -0.25) is 19.2 Å². The lowest BCUT2D eigenvalue weighted by Gasteiger charge is -2.30. The second-order valence-electron chi connectivity index (χ2n) is 10.2. The van der Waals surface area contributed by atoms with E-state index in [1.54, 1.807) is 12.1 Å². The molecule has 3 heterocycles. The molecule has 1 saturated heterocycles. The Hall–Kier alpha value is -4.57. The quantitative estimate of drug-likeness (QED) is 0.183. The van der Waals surface area contributed by atoms with E-state index in [0.717, 1.165) is 59.5 Å². The summed E-state index contributed by atoms with van der Waals surface area (Å²) in [5.41, 5.74) is -2.61. The molecule has 0 bridgehead atoms. The molecule has 4 aromatic rings. The van der Waals surface area contributed by atoms with Crippen molar-refractivity contribution in [2.24, 2.45) is 5.92 Å². The molecule has 2 N–H and O–H groups in total. The van der Waals surface area contributed by atoms with Crippen LogP contribution in [0, 0.1) is 5.92 Å². The van der Waals surface area contributed by atoms with E-state index in [2.05, 4.69) is 10.3 Å². The van der Waals surface area contributed by atoms with Crippen LogP contribution >= 0.6 is 23.1 Å². The largest absolute Gasteiger partial charge is 0.483 e. The summed E-state index contributed by atoms with van der Waals surface area (Å²) in [7, 11) is 0. The Labute approximate surface area is 263 Å². The number of fused-ring (bicyclic) bond motifs is 2. The number of benzene rings is 3. The Morgan fingerprint density at radius 1 is 0.891 bits per heavy atom. The van der Waals surface area contributed by atoms with Crippen molar-refractivity contribution in [2.75, 3.05) is 16.8 Å². The average Bonchev–Trinajstić information content (AvgIpc) is 3.49. The molecule has 3 atom stereocenters. The molecule has 2 aliphatic heterocycles. The summed E-state index contributed by atoms with van der Waals surface area (Å²) >= 11 is 1.64. The number of H-pyrrole nitrogens is 1. The maximum absolute atomic E-state index is 14.0. The minimum Gasteiger partial charge on any atom is -0.483 e. The number of halogens is 6. The predicted molar refractivity (Wildman–Crippen MR) is 156 cm³/mol. The molecule has 2 aliphatic rings. The number of rotatable bonds is 6. The van der Waals surface area contributed by atoms with Crippen LogP contribution in [0.2, 0.25) is 0 Å². The molecule has 3 amide bonds. The molecular formula is C30H19F6N3O5S2. The normalized spacial score (nSPS) is 19.5. The van der Waals surface area contributed by atoms with E-state index >= 15 is 0 Å². The smallest absolute Gasteiger partial charge is 0.418 e. The Morgan fingerprint density at radius 3 is 2.35 bits per heavy atom. The lowest BCUT2D eigenvalue weighted by atomic mass is 9.82. The number of thiazole rings is 1. The molecule has 3 aromatic carbocycles. The van der Waals surface area contributed by atoms with E-state index in [-0.39, 0.29) is 22.0 Å². The van der Waals surface area contributed by atoms with Gasteiger partial charge in [-0.25, -0.2) is 4.90 Å². The zero-order valence-corrected chi connectivity index (χ0v) is 24.6. The zero-order valence-electron chi connectivity index (χ0n) is 22.9. The highest BCUT2D eigenvalue weighted by Gasteiger charge is 2.57. The summed E-state index contributed by atoms with van der Waals surface area (Å²) in [6.45, 7) is -0.670. The van der Waals surface area contributed by atoms with E-state index in [9.17, 15) is 45.5 Å². The van der Waals surface area contributed by atoms with Crippen LogP contribution in [0.15, 0.2) is 82.6 Å². The predicted octanol–water partition coefficient (Wildman–Crippen LogP) is 6.29. The average molecular weight is 680 g/mol. The van der Waals surface area contributed by atoms with Crippen molar-refractivity contribution in [1.29, 1.82) is 0 Å². The van der Waals surface area contributed by atoms with Gasteiger partial charge in [-0.05, 0) is 36.4 Å². The molecule has 0 radical (unpaired) electrons. The summed E-state index contributed by atoms with van der Waals surface area (Å²) < 4.78 is 86.7. The molecule has 238 valence electrons. The third kappa shape index (κ3) is 5.77. The van der Waals surface area contributed by atoms with Crippen molar-refractivity contribution in [1.82, 2.24) is 4.98 Å². The number of amides is 3. The van der Waals surface area contributed by atoms with Gasteiger partial charge in [-0.1, -0.05) is 59.5 Å². The van der Waals surface area contributed by atoms with Gasteiger partial charge >= 0.3 is 17.2 Å². The molecular weight excluding hydrogens is 660 g/mol. The fourth-order valence-corrected chi connectivity index (χ4v) is 7.99. The molecule has 0 saturated carbocycles. The number of para-hydroxylation sites is 2. The lowest BCUT2D eigenvalue weighted by molar-refractivity contribution is -0.138. The first-order valence-electron chi connectivity index (χ1n) is 13.4. The highest BCUT2D eigenvalue weighted by molar-refractivity contribution is 8.00. The molecule has 0 aliphatic carbocycles. The molecule has 46 heavy (non-hydrogen) atoms. The van der Waals surface area contributed by atoms with Gasteiger partial charge in [-0.15, -0.1) is 0 Å². The van der Waals surface area contributed by atoms with Crippen molar-refractivity contribution < 1.29 is 45.5 Å². The van der Waals surface area contributed by atoms with Gasteiger partial charge in [0, 0.05) is 22.0 Å². The van der Waals surface area contributed by atoms with E-state index in [1.165, 1.54) is 24.3 Å². The summed E-state index contributed by atoms with van der Waals surface area (Å²) in [5, 5.41) is 1.39. The van der Waals surface area contributed by atoms with Gasteiger partial charge in [0.15, 0.2) is 6.61 Å². The minimum absolute atomic E-state index is 0.0542. The summed E-state index contributed by atoms with van der Waals surface area (Å²) in [6.07, 6.45) is -9.49. The topological polar surface area (TPSA) is 109 Å². The van der Waals surface area contributed by atoms with Crippen molar-refractivity contribution in [3.8, 4) is 5.75 Å². The number of anilines is 2. The number of carbonyl (C=O) groups excluding carboxylic acids is 3. The number of hydrogen-bond donors (Lipinski definition) is 2. The Morgan fingerprint density at radius 2 is 1.61 bits per heavy atom. The Kier molecular flexibility index (Phi) is 7.96. The number of nitrogens with zero attached hydrogens (tertiary/aromatic N) is 1. The summed E-state index contributed by atoms with van der Waals surface area (Å²) in [6, 6.07) is 14.3. The van der Waals surface area contributed by atoms with Gasteiger partial charge < -0.3 is 15.0 Å². The van der Waals surface area contributed by atoms with E-state index in [1.807, 2.05) is 0 Å². The van der Waals surface area contributed by atoms with E-state index in [4.69, 9.17) is 4.74 Å². The maximum atomic E-state index is 14.0. The fourth-order valence-electron chi connectivity index (χ4n) is 5.48. The van der Waals surface area contributed by atoms with Gasteiger partial charge in [0.2, 0.25) is 11.8 Å². The number of carbonyl (C=O) groups is 3. The summed E-state index contributed by atoms with van der Waals surface area (Å²) in [4.78, 5) is 55.7. The highest BCUT2D eigenvalue weighted by atomic mass is 32.2. The molecule has 0 spiro atoms. The number of alkyl halides is 6. The van der Waals surface area contributed by atoms with Crippen molar-refractivity contribution >= 4 is 52.2 Å². The van der Waals surface area contributed by atoms with Gasteiger partial charge in [-0.2, -0.15) is 26.3 Å². The fraction of sp³-hybridized carbons (Fsp3) is 0.200. The number of aromatic amines is 1. The van der Waals surface area contributed by atoms with Crippen LogP contribution in [0.25, 0.3) is 0 Å². The van der Waals surface area contributed by atoms with E-state index < -0.39 is 75.5 Å². The number of nitrogens with one attached hydrogen (secondary N) is 2. The molecule has 2 unspecified atom stereocenters. The standard InChI is InChI=1S/C30H19F6N3O5S2/c31-29(32,33)14-6-5-7-15(12-14)37-20(40)13-44-19-11-4-1-8-16(19)21-22-24(45-25-23(21)46-28(43)38-25)27(42)39(26(22)41)18-10-3-2-9-17(18)30(34,35)36/h1-12,21-22,24H,13H2,(H,37,40)(H,38,43)/t21-,22?,24?/m1/s1. The van der Waals surface area contributed by atoms with Crippen LogP contribution in [0.3, 0.4) is 0 Å². The number of aromatic nitrogens is 1. The molecule has 6 rings (SSSR count). The Balaban J connectivity index is 1.33. The van der Waals surface area contributed by atoms with Crippen LogP contribution in [-0.4, -0.2) is 34.6 Å².